The number of carbonyl (C=O) groups excluding carboxylic acids is 2. The lowest BCUT2D eigenvalue weighted by Crippen LogP contribution is -2.73. The van der Waals surface area contributed by atoms with Gasteiger partial charge in [0.15, 0.2) is 5.76 Å². The summed E-state index contributed by atoms with van der Waals surface area (Å²) < 4.78 is 5.09. The molecule has 0 radical (unpaired) electrons. The minimum absolute atomic E-state index is 0.00549. The normalized spacial score (nSPS) is 20.4. The minimum Gasteiger partial charge on any atom is -0.459 e. The summed E-state index contributed by atoms with van der Waals surface area (Å²) >= 11 is 0. The van der Waals surface area contributed by atoms with Gasteiger partial charge in [0.1, 0.15) is 6.04 Å². The highest BCUT2D eigenvalue weighted by Crippen LogP contribution is 2.46. The standard InChI is InChI=1S/C17H26N2O3/c1-11(2)13(18-14(20)12-8-7-9-22-12)15(21)19-10-16(3,4)17(19,5)6/h7-9,11,13H,10H2,1-6H3,(H,18,20). The Morgan fingerprint density at radius 2 is 1.91 bits per heavy atom. The largest absolute Gasteiger partial charge is 0.459 e. The fourth-order valence-corrected chi connectivity index (χ4v) is 2.72. The maximum absolute atomic E-state index is 12.9. The summed E-state index contributed by atoms with van der Waals surface area (Å²) in [7, 11) is 0. The van der Waals surface area contributed by atoms with E-state index in [1.807, 2.05) is 18.7 Å². The first-order valence-corrected chi connectivity index (χ1v) is 7.74. The zero-order chi connectivity index (χ0) is 16.7. The van der Waals surface area contributed by atoms with E-state index in [2.05, 4.69) is 33.0 Å². The van der Waals surface area contributed by atoms with Crippen LogP contribution in [0, 0.1) is 11.3 Å². The highest BCUT2D eigenvalue weighted by atomic mass is 16.3. The Morgan fingerprint density at radius 1 is 1.27 bits per heavy atom. The summed E-state index contributed by atoms with van der Waals surface area (Å²) in [6, 6.07) is 2.70. The number of carbonyl (C=O) groups is 2. The monoisotopic (exact) mass is 306 g/mol. The molecule has 2 heterocycles. The Bertz CT molecular complexity index is 558. The van der Waals surface area contributed by atoms with Crippen LogP contribution in [0.4, 0.5) is 0 Å². The molecule has 0 spiro atoms. The Hall–Kier alpha value is -1.78. The van der Waals surface area contributed by atoms with Crippen LogP contribution in [-0.2, 0) is 4.79 Å². The molecule has 5 nitrogen and oxygen atoms in total. The Kier molecular flexibility index (Phi) is 4.11. The van der Waals surface area contributed by atoms with E-state index < -0.39 is 6.04 Å². The number of hydrogen-bond acceptors (Lipinski definition) is 3. The zero-order valence-electron chi connectivity index (χ0n) is 14.3. The molecule has 22 heavy (non-hydrogen) atoms. The van der Waals surface area contributed by atoms with Gasteiger partial charge >= 0.3 is 0 Å². The highest BCUT2D eigenvalue weighted by molar-refractivity contribution is 5.96. The van der Waals surface area contributed by atoms with Gasteiger partial charge in [0, 0.05) is 17.5 Å². The van der Waals surface area contributed by atoms with E-state index in [1.54, 1.807) is 12.1 Å². The summed E-state index contributed by atoms with van der Waals surface area (Å²) in [5, 5.41) is 2.81. The van der Waals surface area contributed by atoms with Crippen molar-refractivity contribution in [3.05, 3.63) is 24.2 Å². The molecule has 0 saturated carbocycles. The van der Waals surface area contributed by atoms with Crippen molar-refractivity contribution in [2.45, 2.75) is 53.1 Å². The van der Waals surface area contributed by atoms with E-state index in [9.17, 15) is 9.59 Å². The third-order valence-corrected chi connectivity index (χ3v) is 5.11. The summed E-state index contributed by atoms with van der Waals surface area (Å²) in [6.45, 7) is 13.0. The third-order valence-electron chi connectivity index (χ3n) is 5.11. The minimum atomic E-state index is -0.548. The molecule has 0 aromatic carbocycles. The Morgan fingerprint density at radius 3 is 2.32 bits per heavy atom. The van der Waals surface area contributed by atoms with Crippen molar-refractivity contribution in [1.82, 2.24) is 10.2 Å². The molecule has 1 aromatic heterocycles. The first-order valence-electron chi connectivity index (χ1n) is 7.74. The van der Waals surface area contributed by atoms with Gasteiger partial charge < -0.3 is 14.6 Å². The molecule has 1 fully saturated rings. The van der Waals surface area contributed by atoms with Gasteiger partial charge in [-0.25, -0.2) is 0 Å². The number of nitrogens with zero attached hydrogens (tertiary/aromatic N) is 1. The number of hydrogen-bond donors (Lipinski definition) is 1. The lowest BCUT2D eigenvalue weighted by molar-refractivity contribution is -0.170. The van der Waals surface area contributed by atoms with E-state index in [1.165, 1.54) is 6.26 Å². The summed E-state index contributed by atoms with van der Waals surface area (Å²) in [6.07, 6.45) is 1.45. The molecule has 1 atom stereocenters. The summed E-state index contributed by atoms with van der Waals surface area (Å²) in [5.74, 6) is -0.151. The molecule has 1 aromatic rings. The lowest BCUT2D eigenvalue weighted by Gasteiger charge is -2.62. The molecule has 1 aliphatic heterocycles. The van der Waals surface area contributed by atoms with Gasteiger partial charge in [0.05, 0.1) is 6.26 Å². The highest BCUT2D eigenvalue weighted by Gasteiger charge is 2.55. The molecule has 0 bridgehead atoms. The molecule has 122 valence electrons. The van der Waals surface area contributed by atoms with E-state index in [4.69, 9.17) is 4.42 Å². The van der Waals surface area contributed by atoms with Crippen molar-refractivity contribution in [1.29, 1.82) is 0 Å². The average Bonchev–Trinajstić information content (AvgIpc) is 2.95. The number of likely N-dealkylation sites (tertiary alicyclic amines) is 1. The molecule has 1 unspecified atom stereocenters. The fraction of sp³-hybridized carbons (Fsp3) is 0.647. The van der Waals surface area contributed by atoms with Crippen molar-refractivity contribution in [2.24, 2.45) is 11.3 Å². The van der Waals surface area contributed by atoms with Gasteiger partial charge in [-0.1, -0.05) is 27.7 Å². The van der Waals surface area contributed by atoms with Crippen LogP contribution in [0.25, 0.3) is 0 Å². The first kappa shape index (κ1) is 16.6. The Balaban J connectivity index is 2.12. The van der Waals surface area contributed by atoms with Crippen LogP contribution in [0.1, 0.15) is 52.1 Å². The van der Waals surface area contributed by atoms with Crippen molar-refractivity contribution < 1.29 is 14.0 Å². The van der Waals surface area contributed by atoms with Crippen molar-refractivity contribution in [2.75, 3.05) is 6.54 Å². The van der Waals surface area contributed by atoms with Gasteiger partial charge in [-0.15, -0.1) is 0 Å². The predicted molar refractivity (Wildman–Crippen MR) is 84.4 cm³/mol. The summed E-state index contributed by atoms with van der Waals surface area (Å²) in [5.41, 5.74) is -0.137. The maximum atomic E-state index is 12.9. The zero-order valence-corrected chi connectivity index (χ0v) is 14.3. The van der Waals surface area contributed by atoms with Crippen LogP contribution >= 0.6 is 0 Å². The molecule has 1 saturated heterocycles. The van der Waals surface area contributed by atoms with Crippen LogP contribution in [-0.4, -0.2) is 34.8 Å². The number of nitrogens with one attached hydrogen (secondary N) is 1. The van der Waals surface area contributed by atoms with Crippen molar-refractivity contribution in [3.63, 3.8) is 0 Å². The van der Waals surface area contributed by atoms with Gasteiger partial charge in [0.25, 0.3) is 5.91 Å². The molecule has 2 amide bonds. The van der Waals surface area contributed by atoms with Crippen LogP contribution in [0.5, 0.6) is 0 Å². The van der Waals surface area contributed by atoms with Crippen LogP contribution in [0.15, 0.2) is 22.8 Å². The quantitative estimate of drug-likeness (QED) is 0.930. The van der Waals surface area contributed by atoms with Gasteiger partial charge in [-0.2, -0.15) is 0 Å². The summed E-state index contributed by atoms with van der Waals surface area (Å²) in [4.78, 5) is 26.9. The lowest BCUT2D eigenvalue weighted by atomic mass is 9.65. The Labute approximate surface area is 132 Å². The molecule has 2 rings (SSSR count). The molecule has 5 heteroatoms. The second-order valence-electron chi connectivity index (χ2n) is 7.54. The maximum Gasteiger partial charge on any atom is 0.287 e. The number of amides is 2. The van der Waals surface area contributed by atoms with Gasteiger partial charge in [0.2, 0.25) is 5.91 Å². The average molecular weight is 306 g/mol. The second kappa shape index (κ2) is 5.45. The second-order valence-corrected chi connectivity index (χ2v) is 7.54. The smallest absolute Gasteiger partial charge is 0.287 e. The van der Waals surface area contributed by atoms with E-state index in [-0.39, 0.29) is 34.4 Å². The molecular formula is C17H26N2O3. The molecule has 1 N–H and O–H groups in total. The molecular weight excluding hydrogens is 280 g/mol. The van der Waals surface area contributed by atoms with Crippen molar-refractivity contribution in [3.8, 4) is 0 Å². The topological polar surface area (TPSA) is 62.6 Å². The first-order chi connectivity index (χ1) is 10.1. The van der Waals surface area contributed by atoms with Crippen LogP contribution < -0.4 is 5.32 Å². The molecule has 0 aliphatic carbocycles. The SMILES string of the molecule is CC(C)C(NC(=O)c1ccco1)C(=O)N1CC(C)(C)C1(C)C. The molecule has 1 aliphatic rings. The predicted octanol–water partition coefficient (Wildman–Crippen LogP) is 2.68. The van der Waals surface area contributed by atoms with E-state index >= 15 is 0 Å². The number of furan rings is 1. The van der Waals surface area contributed by atoms with Gasteiger partial charge in [-0.05, 0) is 31.9 Å². The third kappa shape index (κ3) is 2.64. The van der Waals surface area contributed by atoms with E-state index in [0.29, 0.717) is 6.54 Å². The van der Waals surface area contributed by atoms with Crippen LogP contribution in [0.2, 0.25) is 0 Å². The fourth-order valence-electron chi connectivity index (χ4n) is 2.72. The van der Waals surface area contributed by atoms with Crippen LogP contribution in [0.3, 0.4) is 0 Å². The van der Waals surface area contributed by atoms with Gasteiger partial charge in [-0.3, -0.25) is 9.59 Å². The number of rotatable bonds is 4. The van der Waals surface area contributed by atoms with E-state index in [0.717, 1.165) is 0 Å². The van der Waals surface area contributed by atoms with Crippen molar-refractivity contribution >= 4 is 11.8 Å².